The first kappa shape index (κ1) is 21.8. The molecule has 0 unspecified atom stereocenters. The molecule has 0 radical (unpaired) electrons. The predicted molar refractivity (Wildman–Crippen MR) is 106 cm³/mol. The molecular weight excluding hydrogens is 374 g/mol. The monoisotopic (exact) mass is 397 g/mol. The third kappa shape index (κ3) is 4.17. The molecule has 0 bridgehead atoms. The number of Topliss-reactive ketones (excluding diaryl/α,β-unsaturated/α-hetero) is 1. The van der Waals surface area contributed by atoms with Crippen LogP contribution in [0.2, 0.25) is 0 Å². The molecule has 8 nitrogen and oxygen atoms in total. The Balaban J connectivity index is 2.30. The van der Waals surface area contributed by atoms with Gasteiger partial charge in [0.05, 0.1) is 0 Å². The van der Waals surface area contributed by atoms with Crippen LogP contribution < -0.4 is 10.8 Å². The largest absolute Gasteiger partial charge is 0.357 e. The number of hydroxylamine groups is 1. The summed E-state index contributed by atoms with van der Waals surface area (Å²) in [5.41, 5.74) is 2.07. The Hall–Kier alpha value is -3.52. The minimum atomic E-state index is -1.94. The van der Waals surface area contributed by atoms with Crippen molar-refractivity contribution in [1.82, 2.24) is 15.7 Å². The average molecular weight is 397 g/mol. The Morgan fingerprint density at radius 2 is 1.31 bits per heavy atom. The smallest absolute Gasteiger partial charge is 0.278 e. The molecule has 2 aromatic rings. The molecule has 0 fully saturated rings. The van der Waals surface area contributed by atoms with E-state index in [2.05, 4.69) is 5.32 Å². The molecule has 0 aromatic heterocycles. The zero-order valence-electron chi connectivity index (χ0n) is 16.6. The Labute approximate surface area is 168 Å². The van der Waals surface area contributed by atoms with Gasteiger partial charge in [-0.1, -0.05) is 36.4 Å². The molecule has 8 heteroatoms. The van der Waals surface area contributed by atoms with Crippen molar-refractivity contribution in [2.75, 3.05) is 14.1 Å². The van der Waals surface area contributed by atoms with Crippen LogP contribution in [-0.4, -0.2) is 53.2 Å². The van der Waals surface area contributed by atoms with Crippen molar-refractivity contribution in [2.24, 2.45) is 0 Å². The van der Waals surface area contributed by atoms with Gasteiger partial charge in [-0.2, -0.15) is 0 Å². The summed E-state index contributed by atoms with van der Waals surface area (Å²) in [7, 11) is 2.64. The van der Waals surface area contributed by atoms with Gasteiger partial charge in [-0.15, -0.1) is 0 Å². The first-order chi connectivity index (χ1) is 13.7. The van der Waals surface area contributed by atoms with E-state index in [9.17, 15) is 19.2 Å². The SMILES string of the molecule is CNC(=O)[C@@](C)(C(=O)NO)N(C)C(=O)c1ccc(-c2ccc(C(C)=O)cc2)cc1. The van der Waals surface area contributed by atoms with Crippen molar-refractivity contribution >= 4 is 23.5 Å². The first-order valence-electron chi connectivity index (χ1n) is 8.83. The highest BCUT2D eigenvalue weighted by Gasteiger charge is 2.47. The van der Waals surface area contributed by atoms with Gasteiger partial charge in [-0.05, 0) is 37.1 Å². The molecule has 152 valence electrons. The molecule has 1 atom stereocenters. The van der Waals surface area contributed by atoms with Crippen LogP contribution in [0.4, 0.5) is 0 Å². The van der Waals surface area contributed by atoms with Crippen molar-refractivity contribution in [1.29, 1.82) is 0 Å². The first-order valence-corrected chi connectivity index (χ1v) is 8.83. The summed E-state index contributed by atoms with van der Waals surface area (Å²) in [4.78, 5) is 49.5. The number of nitrogens with one attached hydrogen (secondary N) is 2. The molecule has 0 heterocycles. The van der Waals surface area contributed by atoms with Crippen molar-refractivity contribution in [3.05, 3.63) is 59.7 Å². The van der Waals surface area contributed by atoms with Gasteiger partial charge in [0.15, 0.2) is 11.3 Å². The number of rotatable bonds is 6. The second-order valence-electron chi connectivity index (χ2n) is 6.67. The molecule has 2 aromatic carbocycles. The summed E-state index contributed by atoms with van der Waals surface area (Å²) in [6.45, 7) is 2.73. The Morgan fingerprint density at radius 1 is 0.862 bits per heavy atom. The minimum absolute atomic E-state index is 0.0217. The number of likely N-dealkylation sites (N-methyl/N-ethyl adjacent to an activating group) is 2. The Kier molecular flexibility index (Phi) is 6.50. The molecule has 29 heavy (non-hydrogen) atoms. The lowest BCUT2D eigenvalue weighted by atomic mass is 9.96. The van der Waals surface area contributed by atoms with E-state index in [0.29, 0.717) is 5.56 Å². The fourth-order valence-electron chi connectivity index (χ4n) is 2.86. The summed E-state index contributed by atoms with van der Waals surface area (Å²) < 4.78 is 0. The van der Waals surface area contributed by atoms with Crippen molar-refractivity contribution < 1.29 is 24.4 Å². The lowest BCUT2D eigenvalue weighted by molar-refractivity contribution is -0.148. The van der Waals surface area contributed by atoms with E-state index in [1.807, 2.05) is 12.1 Å². The molecule has 3 N–H and O–H groups in total. The maximum atomic E-state index is 12.8. The molecule has 0 saturated carbocycles. The molecule has 0 aliphatic heterocycles. The number of ketones is 1. The van der Waals surface area contributed by atoms with Gasteiger partial charge in [-0.3, -0.25) is 24.4 Å². The summed E-state index contributed by atoms with van der Waals surface area (Å²) in [5.74, 6) is -2.37. The van der Waals surface area contributed by atoms with Crippen LogP contribution in [0.1, 0.15) is 34.6 Å². The van der Waals surface area contributed by atoms with Gasteiger partial charge in [0.25, 0.3) is 17.7 Å². The van der Waals surface area contributed by atoms with Gasteiger partial charge in [0.1, 0.15) is 0 Å². The summed E-state index contributed by atoms with van der Waals surface area (Å²) in [6, 6.07) is 13.7. The van der Waals surface area contributed by atoms with Crippen molar-refractivity contribution in [2.45, 2.75) is 19.4 Å². The molecule has 0 aliphatic rings. The lowest BCUT2D eigenvalue weighted by Crippen LogP contribution is -2.64. The number of amides is 3. The summed E-state index contributed by atoms with van der Waals surface area (Å²) >= 11 is 0. The van der Waals surface area contributed by atoms with E-state index in [4.69, 9.17) is 5.21 Å². The fraction of sp³-hybridized carbons (Fsp3) is 0.238. The van der Waals surface area contributed by atoms with Crippen LogP contribution >= 0.6 is 0 Å². The van der Waals surface area contributed by atoms with E-state index in [1.165, 1.54) is 33.4 Å². The predicted octanol–water partition coefficient (Wildman–Crippen LogP) is 1.64. The Morgan fingerprint density at radius 3 is 1.69 bits per heavy atom. The number of carbonyl (C=O) groups is 4. The topological polar surface area (TPSA) is 116 Å². The van der Waals surface area contributed by atoms with Crippen LogP contribution in [0.25, 0.3) is 11.1 Å². The molecule has 2 rings (SSSR count). The molecular formula is C21H23N3O5. The number of nitrogens with zero attached hydrogens (tertiary/aromatic N) is 1. The van der Waals surface area contributed by atoms with Crippen LogP contribution in [0.15, 0.2) is 48.5 Å². The minimum Gasteiger partial charge on any atom is -0.357 e. The third-order valence-electron chi connectivity index (χ3n) is 4.94. The number of carbonyl (C=O) groups excluding carboxylic acids is 4. The second kappa shape index (κ2) is 8.66. The van der Waals surface area contributed by atoms with Crippen molar-refractivity contribution in [3.63, 3.8) is 0 Å². The number of hydrogen-bond acceptors (Lipinski definition) is 5. The number of benzene rings is 2. The highest BCUT2D eigenvalue weighted by Crippen LogP contribution is 2.23. The molecule has 0 aliphatic carbocycles. The molecule has 0 spiro atoms. The standard InChI is InChI=1S/C21H23N3O5/c1-13(25)14-5-7-15(8-6-14)16-9-11-17(12-10-16)18(26)24(4)21(2,19(27)22-3)20(28)23-29/h5-12,29H,1-4H3,(H,22,27)(H,23,28)/t21-/m0/s1. The fourth-order valence-corrected chi connectivity index (χ4v) is 2.86. The zero-order valence-corrected chi connectivity index (χ0v) is 16.6. The van der Waals surface area contributed by atoms with Crippen LogP contribution in [0, 0.1) is 0 Å². The maximum absolute atomic E-state index is 12.8. The van der Waals surface area contributed by atoms with Gasteiger partial charge in [-0.25, -0.2) is 5.48 Å². The second-order valence-corrected chi connectivity index (χ2v) is 6.67. The van der Waals surface area contributed by atoms with Crippen LogP contribution in [0.3, 0.4) is 0 Å². The van der Waals surface area contributed by atoms with Gasteiger partial charge >= 0.3 is 0 Å². The zero-order chi connectivity index (χ0) is 21.8. The summed E-state index contributed by atoms with van der Waals surface area (Å²) in [6.07, 6.45) is 0. The summed E-state index contributed by atoms with van der Waals surface area (Å²) in [5, 5.41) is 11.3. The third-order valence-corrected chi connectivity index (χ3v) is 4.94. The van der Waals surface area contributed by atoms with Crippen molar-refractivity contribution in [3.8, 4) is 11.1 Å². The van der Waals surface area contributed by atoms with E-state index >= 15 is 0 Å². The molecule has 0 saturated heterocycles. The van der Waals surface area contributed by atoms with Crippen LogP contribution in [0.5, 0.6) is 0 Å². The highest BCUT2D eigenvalue weighted by molar-refractivity contribution is 6.12. The highest BCUT2D eigenvalue weighted by atomic mass is 16.5. The normalized spacial score (nSPS) is 12.4. The van der Waals surface area contributed by atoms with Gasteiger partial charge < -0.3 is 10.2 Å². The lowest BCUT2D eigenvalue weighted by Gasteiger charge is -2.34. The van der Waals surface area contributed by atoms with Gasteiger partial charge in [0.2, 0.25) is 0 Å². The number of hydrogen-bond donors (Lipinski definition) is 3. The van der Waals surface area contributed by atoms with E-state index in [1.54, 1.807) is 36.4 Å². The van der Waals surface area contributed by atoms with Crippen LogP contribution in [-0.2, 0) is 9.59 Å². The van der Waals surface area contributed by atoms with E-state index < -0.39 is 23.3 Å². The Bertz CT molecular complexity index is 920. The quantitative estimate of drug-likeness (QED) is 0.297. The van der Waals surface area contributed by atoms with Gasteiger partial charge in [0, 0.05) is 25.2 Å². The average Bonchev–Trinajstić information content (AvgIpc) is 2.76. The maximum Gasteiger partial charge on any atom is 0.278 e. The van der Waals surface area contributed by atoms with E-state index in [0.717, 1.165) is 16.0 Å². The molecule has 3 amide bonds. The van der Waals surface area contributed by atoms with E-state index in [-0.39, 0.29) is 11.3 Å².